The molecule has 2 N–H and O–H groups in total. The van der Waals surface area contributed by atoms with Gasteiger partial charge in [0.25, 0.3) is 5.69 Å². The van der Waals surface area contributed by atoms with Crippen LogP contribution in [0.2, 0.25) is 5.02 Å². The molecule has 0 atom stereocenters. The number of imidazole rings is 1. The maximum Gasteiger partial charge on any atom is 0.271 e. The minimum absolute atomic E-state index is 0.0592. The van der Waals surface area contributed by atoms with Crippen molar-refractivity contribution >= 4 is 40.6 Å². The van der Waals surface area contributed by atoms with Gasteiger partial charge in [-0.25, -0.2) is 9.37 Å². The Hall–Kier alpha value is -2.91. The number of benzene rings is 2. The Bertz CT molecular complexity index is 994. The fraction of sp³-hybridized carbons (Fsp3) is 0.0588. The molecule has 0 spiro atoms. The number of H-pyrrole nitrogens is 1. The highest BCUT2D eigenvalue weighted by atomic mass is 35.5. The summed E-state index contributed by atoms with van der Waals surface area (Å²) in [6.07, 6.45) is 1.60. The van der Waals surface area contributed by atoms with Crippen LogP contribution in [0.4, 0.5) is 15.8 Å². The molecule has 2 aromatic carbocycles. The van der Waals surface area contributed by atoms with Crippen LogP contribution in [0.15, 0.2) is 53.8 Å². The molecule has 0 aliphatic rings. The smallest absolute Gasteiger partial charge is 0.271 e. The second-order valence-electron chi connectivity index (χ2n) is 5.37. The first-order chi connectivity index (χ1) is 12.9. The van der Waals surface area contributed by atoms with Crippen molar-refractivity contribution in [2.75, 3.05) is 11.1 Å². The number of nitro groups is 1. The normalized spacial score (nSPS) is 10.6. The van der Waals surface area contributed by atoms with Crippen molar-refractivity contribution in [2.24, 2.45) is 0 Å². The van der Waals surface area contributed by atoms with E-state index in [0.717, 1.165) is 5.56 Å². The Labute approximate surface area is 162 Å². The number of rotatable bonds is 6. The zero-order valence-corrected chi connectivity index (χ0v) is 15.2. The van der Waals surface area contributed by atoms with E-state index < -0.39 is 4.92 Å². The number of hydrogen-bond acceptors (Lipinski definition) is 5. The van der Waals surface area contributed by atoms with Gasteiger partial charge in [-0.15, -0.1) is 0 Å². The van der Waals surface area contributed by atoms with Gasteiger partial charge >= 0.3 is 0 Å². The number of nitro benzene ring substituents is 1. The molecule has 1 amide bonds. The number of nitrogens with zero attached hydrogens (tertiary/aromatic N) is 2. The Balaban J connectivity index is 1.58. The van der Waals surface area contributed by atoms with E-state index >= 15 is 0 Å². The monoisotopic (exact) mass is 406 g/mol. The van der Waals surface area contributed by atoms with Gasteiger partial charge in [0.15, 0.2) is 5.16 Å². The molecule has 27 heavy (non-hydrogen) atoms. The van der Waals surface area contributed by atoms with Crippen LogP contribution in [0.5, 0.6) is 0 Å². The first kappa shape index (κ1) is 18.9. The highest BCUT2D eigenvalue weighted by molar-refractivity contribution is 7.99. The Morgan fingerprint density at radius 2 is 2.04 bits per heavy atom. The number of non-ortho nitro benzene ring substituents is 1. The summed E-state index contributed by atoms with van der Waals surface area (Å²) >= 11 is 7.12. The number of halogens is 2. The van der Waals surface area contributed by atoms with E-state index in [0.29, 0.717) is 16.5 Å². The third kappa shape index (κ3) is 4.83. The summed E-state index contributed by atoms with van der Waals surface area (Å²) in [6.45, 7) is 0. The van der Waals surface area contributed by atoms with Crippen LogP contribution in [0.25, 0.3) is 11.3 Å². The molecule has 0 aliphatic heterocycles. The summed E-state index contributed by atoms with van der Waals surface area (Å²) in [7, 11) is 0. The van der Waals surface area contributed by atoms with Crippen LogP contribution in [-0.2, 0) is 4.79 Å². The Kier molecular flexibility index (Phi) is 5.72. The number of hydrogen-bond donors (Lipinski definition) is 2. The molecular weight excluding hydrogens is 395 g/mol. The topological polar surface area (TPSA) is 101 Å². The van der Waals surface area contributed by atoms with Crippen molar-refractivity contribution in [2.45, 2.75) is 5.16 Å². The average Bonchev–Trinajstić information content (AvgIpc) is 3.11. The second-order valence-corrected chi connectivity index (χ2v) is 6.74. The molecule has 3 aromatic rings. The fourth-order valence-electron chi connectivity index (χ4n) is 2.19. The molecule has 138 valence electrons. The molecular formula is C17H12ClFN4O3S. The summed E-state index contributed by atoms with van der Waals surface area (Å²) in [5.74, 6) is -0.603. The first-order valence-electron chi connectivity index (χ1n) is 7.60. The molecule has 1 heterocycles. The Morgan fingerprint density at radius 1 is 1.30 bits per heavy atom. The van der Waals surface area contributed by atoms with E-state index in [9.17, 15) is 19.3 Å². The van der Waals surface area contributed by atoms with Gasteiger partial charge in [0.1, 0.15) is 5.82 Å². The molecule has 7 nitrogen and oxygen atoms in total. The lowest BCUT2D eigenvalue weighted by atomic mass is 10.2. The number of anilines is 1. The molecule has 0 bridgehead atoms. The largest absolute Gasteiger partial charge is 0.333 e. The van der Waals surface area contributed by atoms with Crippen molar-refractivity contribution in [1.82, 2.24) is 9.97 Å². The molecule has 0 saturated heterocycles. The zero-order chi connectivity index (χ0) is 19.4. The third-order valence-electron chi connectivity index (χ3n) is 3.49. The number of aromatic nitrogens is 2. The van der Waals surface area contributed by atoms with Gasteiger partial charge in [0.2, 0.25) is 5.91 Å². The van der Waals surface area contributed by atoms with Crippen molar-refractivity contribution in [3.05, 3.63) is 69.6 Å². The van der Waals surface area contributed by atoms with E-state index in [1.54, 1.807) is 18.3 Å². The molecule has 10 heteroatoms. The lowest BCUT2D eigenvalue weighted by Crippen LogP contribution is -2.14. The van der Waals surface area contributed by atoms with Crippen LogP contribution in [-0.4, -0.2) is 26.6 Å². The van der Waals surface area contributed by atoms with E-state index in [1.807, 2.05) is 0 Å². The highest BCUT2D eigenvalue weighted by Gasteiger charge is 2.12. The van der Waals surface area contributed by atoms with E-state index in [4.69, 9.17) is 11.6 Å². The van der Waals surface area contributed by atoms with Gasteiger partial charge in [-0.3, -0.25) is 14.9 Å². The van der Waals surface area contributed by atoms with Crippen molar-refractivity contribution in [1.29, 1.82) is 0 Å². The lowest BCUT2D eigenvalue weighted by Gasteiger charge is -2.06. The van der Waals surface area contributed by atoms with Crippen LogP contribution in [0.1, 0.15) is 0 Å². The number of amides is 1. The van der Waals surface area contributed by atoms with Crippen molar-refractivity contribution in [3.63, 3.8) is 0 Å². The number of carbonyl (C=O) groups is 1. The van der Waals surface area contributed by atoms with Gasteiger partial charge in [-0.05, 0) is 35.9 Å². The van der Waals surface area contributed by atoms with Crippen LogP contribution >= 0.6 is 23.4 Å². The number of carbonyl (C=O) groups excluding carboxylic acids is 1. The van der Waals surface area contributed by atoms with Crippen molar-refractivity contribution in [3.8, 4) is 11.3 Å². The maximum absolute atomic E-state index is 13.0. The molecule has 0 unspecified atom stereocenters. The molecule has 3 rings (SSSR count). The molecule has 0 saturated carbocycles. The molecule has 0 radical (unpaired) electrons. The SMILES string of the molecule is O=C(CSc1ncc(-c2ccc(F)cc2)[nH]1)Nc1ccc([N+](=O)[O-])cc1Cl. The quantitative estimate of drug-likeness (QED) is 0.356. The fourth-order valence-corrected chi connectivity index (χ4v) is 3.06. The summed E-state index contributed by atoms with van der Waals surface area (Å²) in [5.41, 5.74) is 1.62. The van der Waals surface area contributed by atoms with Gasteiger partial charge in [0.05, 0.1) is 33.3 Å². The van der Waals surface area contributed by atoms with Gasteiger partial charge in [-0.2, -0.15) is 0 Å². The van der Waals surface area contributed by atoms with Crippen LogP contribution < -0.4 is 5.32 Å². The number of aromatic amines is 1. The van der Waals surface area contributed by atoms with Crippen molar-refractivity contribution < 1.29 is 14.1 Å². The zero-order valence-electron chi connectivity index (χ0n) is 13.6. The molecule has 0 aliphatic carbocycles. The minimum atomic E-state index is -0.567. The number of nitrogens with one attached hydrogen (secondary N) is 2. The summed E-state index contributed by atoms with van der Waals surface area (Å²) in [6, 6.07) is 9.76. The van der Waals surface area contributed by atoms with E-state index in [2.05, 4.69) is 15.3 Å². The van der Waals surface area contributed by atoms with E-state index in [-0.39, 0.29) is 28.2 Å². The van der Waals surface area contributed by atoms with Crippen LogP contribution in [0.3, 0.4) is 0 Å². The van der Waals surface area contributed by atoms with Crippen LogP contribution in [0, 0.1) is 15.9 Å². The van der Waals surface area contributed by atoms with Gasteiger partial charge < -0.3 is 10.3 Å². The lowest BCUT2D eigenvalue weighted by molar-refractivity contribution is -0.384. The third-order valence-corrected chi connectivity index (χ3v) is 4.69. The molecule has 1 aromatic heterocycles. The van der Waals surface area contributed by atoms with Gasteiger partial charge in [-0.1, -0.05) is 23.4 Å². The predicted molar refractivity (Wildman–Crippen MR) is 101 cm³/mol. The maximum atomic E-state index is 13.0. The number of thioether (sulfide) groups is 1. The average molecular weight is 407 g/mol. The van der Waals surface area contributed by atoms with Gasteiger partial charge in [0, 0.05) is 12.1 Å². The Morgan fingerprint density at radius 3 is 2.70 bits per heavy atom. The minimum Gasteiger partial charge on any atom is -0.333 e. The highest BCUT2D eigenvalue weighted by Crippen LogP contribution is 2.27. The first-order valence-corrected chi connectivity index (χ1v) is 8.96. The predicted octanol–water partition coefficient (Wildman–Crippen LogP) is 4.51. The summed E-state index contributed by atoms with van der Waals surface area (Å²) < 4.78 is 13.0. The summed E-state index contributed by atoms with van der Waals surface area (Å²) in [4.78, 5) is 29.4. The second kappa shape index (κ2) is 8.19. The van der Waals surface area contributed by atoms with E-state index in [1.165, 1.54) is 42.1 Å². The standard InChI is InChI=1S/C17H12ClFN4O3S/c18-13-7-12(23(25)26)5-6-14(13)21-16(24)9-27-17-20-8-15(22-17)10-1-3-11(19)4-2-10/h1-8H,9H2,(H,20,22)(H,21,24). The molecule has 0 fully saturated rings. The summed E-state index contributed by atoms with van der Waals surface area (Å²) in [5, 5.41) is 13.9.